The Labute approximate surface area is 141 Å². The number of hydrogen-bond acceptors (Lipinski definition) is 8. The molecule has 0 spiro atoms. The zero-order chi connectivity index (χ0) is 16.4. The van der Waals surface area contributed by atoms with Gasteiger partial charge in [0.1, 0.15) is 16.5 Å². The van der Waals surface area contributed by atoms with E-state index in [0.29, 0.717) is 18.3 Å². The lowest BCUT2D eigenvalue weighted by molar-refractivity contribution is 0.384. The van der Waals surface area contributed by atoms with E-state index < -0.39 is 0 Å². The summed E-state index contributed by atoms with van der Waals surface area (Å²) in [4.78, 5) is 18.4. The zero-order valence-electron chi connectivity index (χ0n) is 12.9. The van der Waals surface area contributed by atoms with Crippen molar-refractivity contribution in [1.82, 2.24) is 25.1 Å². The molecule has 0 aliphatic heterocycles. The van der Waals surface area contributed by atoms with Crippen LogP contribution in [0, 0.1) is 0 Å². The number of pyridine rings is 1. The van der Waals surface area contributed by atoms with Crippen LogP contribution in [0.3, 0.4) is 0 Å². The average Bonchev–Trinajstić information content (AvgIpc) is 3.29. The molecule has 4 heterocycles. The summed E-state index contributed by atoms with van der Waals surface area (Å²) in [6, 6.07) is 5.70. The van der Waals surface area contributed by atoms with E-state index in [1.807, 2.05) is 30.5 Å². The second-order valence-corrected chi connectivity index (χ2v) is 5.98. The Hall–Kier alpha value is -2.87. The molecule has 0 fully saturated rings. The van der Waals surface area contributed by atoms with Crippen LogP contribution in [0.4, 0.5) is 5.82 Å². The molecule has 120 valence electrons. The van der Waals surface area contributed by atoms with Gasteiger partial charge in [-0.1, -0.05) is 12.1 Å². The molecule has 7 nitrogen and oxygen atoms in total. The van der Waals surface area contributed by atoms with Gasteiger partial charge < -0.3 is 9.84 Å². The first-order valence-corrected chi connectivity index (χ1v) is 8.42. The molecule has 4 rings (SSSR count). The Bertz CT molecular complexity index is 965. The Morgan fingerprint density at radius 1 is 1.12 bits per heavy atom. The van der Waals surface area contributed by atoms with E-state index in [0.717, 1.165) is 33.8 Å². The predicted molar refractivity (Wildman–Crippen MR) is 91.6 cm³/mol. The maximum Gasteiger partial charge on any atom is 0.246 e. The smallest absolute Gasteiger partial charge is 0.246 e. The van der Waals surface area contributed by atoms with E-state index in [1.54, 1.807) is 23.7 Å². The lowest BCUT2D eigenvalue weighted by atomic mass is 10.2. The Morgan fingerprint density at radius 3 is 2.83 bits per heavy atom. The van der Waals surface area contributed by atoms with Gasteiger partial charge in [-0.05, 0) is 23.6 Å². The van der Waals surface area contributed by atoms with E-state index in [4.69, 9.17) is 4.52 Å². The predicted octanol–water partition coefficient (Wildman–Crippen LogP) is 3.31. The summed E-state index contributed by atoms with van der Waals surface area (Å²) in [5, 5.41) is 10.3. The van der Waals surface area contributed by atoms with Crippen molar-refractivity contribution in [2.45, 2.75) is 19.9 Å². The first kappa shape index (κ1) is 14.7. The lowest BCUT2D eigenvalue weighted by Crippen LogP contribution is -2.04. The van der Waals surface area contributed by atoms with Gasteiger partial charge in [0.25, 0.3) is 0 Å². The maximum atomic E-state index is 5.31. The highest BCUT2D eigenvalue weighted by Crippen LogP contribution is 2.25. The topological polar surface area (TPSA) is 89.6 Å². The SMILES string of the molecule is CCc1nc(NCc2nc(-c3ccncc3)no2)c2ccsc2n1. The minimum atomic E-state index is 0.406. The minimum Gasteiger partial charge on any atom is -0.360 e. The lowest BCUT2D eigenvalue weighted by Gasteiger charge is -2.06. The first-order valence-electron chi connectivity index (χ1n) is 7.54. The quantitative estimate of drug-likeness (QED) is 0.597. The average molecular weight is 338 g/mol. The van der Waals surface area contributed by atoms with E-state index >= 15 is 0 Å². The minimum absolute atomic E-state index is 0.406. The third-order valence-corrected chi connectivity index (χ3v) is 4.31. The van der Waals surface area contributed by atoms with Gasteiger partial charge in [0.2, 0.25) is 11.7 Å². The fraction of sp³-hybridized carbons (Fsp3) is 0.188. The van der Waals surface area contributed by atoms with Gasteiger partial charge in [0, 0.05) is 24.4 Å². The maximum absolute atomic E-state index is 5.31. The second kappa shape index (κ2) is 6.32. The standard InChI is InChI=1S/C16H14N6OS/c1-2-12-19-15(11-5-8-24-16(11)20-12)18-9-13-21-14(22-23-13)10-3-6-17-7-4-10/h3-8H,2,9H2,1H3,(H,18,19,20). The molecular formula is C16H14N6OS. The summed E-state index contributed by atoms with van der Waals surface area (Å²) in [7, 11) is 0. The van der Waals surface area contributed by atoms with Crippen molar-refractivity contribution in [3.8, 4) is 11.4 Å². The fourth-order valence-corrected chi connectivity index (χ4v) is 3.08. The summed E-state index contributed by atoms with van der Waals surface area (Å²) in [6.07, 6.45) is 4.18. The van der Waals surface area contributed by atoms with Crippen molar-refractivity contribution >= 4 is 27.4 Å². The molecule has 0 aromatic carbocycles. The summed E-state index contributed by atoms with van der Waals surface area (Å²) in [5.41, 5.74) is 0.871. The van der Waals surface area contributed by atoms with Crippen LogP contribution >= 0.6 is 11.3 Å². The van der Waals surface area contributed by atoms with Crippen molar-refractivity contribution in [2.75, 3.05) is 5.32 Å². The van der Waals surface area contributed by atoms with Crippen LogP contribution in [0.15, 0.2) is 40.5 Å². The Kier molecular flexibility index (Phi) is 3.87. The number of aryl methyl sites for hydroxylation is 1. The molecule has 0 saturated heterocycles. The van der Waals surface area contributed by atoms with E-state index in [1.165, 1.54) is 0 Å². The molecule has 0 unspecified atom stereocenters. The molecule has 0 aliphatic rings. The number of anilines is 1. The van der Waals surface area contributed by atoms with E-state index in [-0.39, 0.29) is 0 Å². The molecule has 1 N–H and O–H groups in total. The number of aromatic nitrogens is 5. The number of fused-ring (bicyclic) bond motifs is 1. The van der Waals surface area contributed by atoms with Crippen LogP contribution in [-0.2, 0) is 13.0 Å². The van der Waals surface area contributed by atoms with Crippen LogP contribution in [0.5, 0.6) is 0 Å². The molecule has 4 aromatic rings. The normalized spacial score (nSPS) is 11.0. The van der Waals surface area contributed by atoms with Crippen molar-refractivity contribution in [1.29, 1.82) is 0 Å². The monoisotopic (exact) mass is 338 g/mol. The second-order valence-electron chi connectivity index (χ2n) is 5.08. The van der Waals surface area contributed by atoms with Crippen LogP contribution in [0.2, 0.25) is 0 Å². The molecule has 0 aliphatic carbocycles. The van der Waals surface area contributed by atoms with Gasteiger partial charge in [0.05, 0.1) is 11.9 Å². The third-order valence-electron chi connectivity index (χ3n) is 3.50. The van der Waals surface area contributed by atoms with Gasteiger partial charge in [-0.25, -0.2) is 9.97 Å². The Morgan fingerprint density at radius 2 is 2.00 bits per heavy atom. The molecule has 0 amide bonds. The molecule has 4 aromatic heterocycles. The van der Waals surface area contributed by atoms with Crippen LogP contribution in [-0.4, -0.2) is 25.1 Å². The zero-order valence-corrected chi connectivity index (χ0v) is 13.7. The molecule has 0 radical (unpaired) electrons. The van der Waals surface area contributed by atoms with Crippen molar-refractivity contribution in [3.63, 3.8) is 0 Å². The fourth-order valence-electron chi connectivity index (χ4n) is 2.30. The number of hydrogen-bond donors (Lipinski definition) is 1. The van der Waals surface area contributed by atoms with Crippen molar-refractivity contribution in [3.05, 3.63) is 47.7 Å². The summed E-state index contributed by atoms with van der Waals surface area (Å²) in [6.45, 7) is 2.45. The van der Waals surface area contributed by atoms with Crippen molar-refractivity contribution < 1.29 is 4.52 Å². The number of nitrogens with zero attached hydrogens (tertiary/aromatic N) is 5. The molecular weight excluding hydrogens is 324 g/mol. The van der Waals surface area contributed by atoms with Crippen molar-refractivity contribution in [2.24, 2.45) is 0 Å². The van der Waals surface area contributed by atoms with Crippen LogP contribution in [0.25, 0.3) is 21.6 Å². The van der Waals surface area contributed by atoms with Gasteiger partial charge in [-0.2, -0.15) is 4.98 Å². The molecule has 0 atom stereocenters. The van der Waals surface area contributed by atoms with E-state index in [9.17, 15) is 0 Å². The van der Waals surface area contributed by atoms with Gasteiger partial charge in [-0.15, -0.1) is 11.3 Å². The van der Waals surface area contributed by atoms with Gasteiger partial charge in [0.15, 0.2) is 0 Å². The first-order chi connectivity index (χ1) is 11.8. The Balaban J connectivity index is 1.55. The highest BCUT2D eigenvalue weighted by atomic mass is 32.1. The van der Waals surface area contributed by atoms with Gasteiger partial charge >= 0.3 is 0 Å². The number of rotatable bonds is 5. The third kappa shape index (κ3) is 2.83. The molecule has 8 heteroatoms. The molecule has 0 saturated carbocycles. The summed E-state index contributed by atoms with van der Waals surface area (Å²) >= 11 is 1.61. The molecule has 0 bridgehead atoms. The van der Waals surface area contributed by atoms with Gasteiger partial charge in [-0.3, -0.25) is 4.98 Å². The van der Waals surface area contributed by atoms with Crippen LogP contribution < -0.4 is 5.32 Å². The molecule has 24 heavy (non-hydrogen) atoms. The highest BCUT2D eigenvalue weighted by molar-refractivity contribution is 7.16. The summed E-state index contributed by atoms with van der Waals surface area (Å²) in [5.74, 6) is 2.66. The highest BCUT2D eigenvalue weighted by Gasteiger charge is 2.11. The largest absolute Gasteiger partial charge is 0.360 e. The summed E-state index contributed by atoms with van der Waals surface area (Å²) < 4.78 is 5.31. The van der Waals surface area contributed by atoms with E-state index in [2.05, 4.69) is 30.4 Å². The number of thiophene rings is 1. The van der Waals surface area contributed by atoms with Crippen LogP contribution in [0.1, 0.15) is 18.6 Å². The number of nitrogens with one attached hydrogen (secondary N) is 1.